The molecule has 10 heteroatoms. The third-order valence-electron chi connectivity index (χ3n) is 9.36. The highest BCUT2D eigenvalue weighted by Gasteiger charge is 2.38. The van der Waals surface area contributed by atoms with Gasteiger partial charge in [0.1, 0.15) is 23.0 Å². The predicted molar refractivity (Wildman–Crippen MR) is 199 cm³/mol. The van der Waals surface area contributed by atoms with Gasteiger partial charge in [-0.1, -0.05) is 53.7 Å². The van der Waals surface area contributed by atoms with E-state index in [1.807, 2.05) is 41.5 Å². The topological polar surface area (TPSA) is 146 Å². The molecule has 0 bridgehead atoms. The number of hydrogen-bond acceptors (Lipinski definition) is 8. The molecule has 0 amide bonds. The minimum absolute atomic E-state index is 0.0574. The number of hydrogen-bond donors (Lipinski definition) is 4. The second kappa shape index (κ2) is 13.4. The maximum Gasteiger partial charge on any atom is 0.334 e. The molecule has 4 rings (SSSR count). The first-order valence-electron chi connectivity index (χ1n) is 17.2. The first-order chi connectivity index (χ1) is 22.8. The van der Waals surface area contributed by atoms with Crippen molar-refractivity contribution in [3.63, 3.8) is 0 Å². The normalized spacial score (nSPS) is 16.7. The third-order valence-corrected chi connectivity index (χ3v) is 9.36. The SMILES string of the molecule is Cc1cc(Cn2c(O)c(C(C=C=O)=NC3CC(C)(C)NC(C)(C)C3)c(=O)n(Cc3cc(C)c(O)c(C(C)(C)C)c3)c2=O)cc(C(C)(C)C)c1O. The zero-order valence-electron chi connectivity index (χ0n) is 31.7. The summed E-state index contributed by atoms with van der Waals surface area (Å²) in [6, 6.07) is 6.73. The van der Waals surface area contributed by atoms with Crippen LogP contribution >= 0.6 is 0 Å². The van der Waals surface area contributed by atoms with E-state index in [1.54, 1.807) is 44.1 Å². The van der Waals surface area contributed by atoms with Crippen LogP contribution in [-0.4, -0.2) is 53.2 Å². The van der Waals surface area contributed by atoms with Crippen LogP contribution in [0.5, 0.6) is 17.4 Å². The number of rotatable bonds is 7. The molecule has 1 aliphatic heterocycles. The summed E-state index contributed by atoms with van der Waals surface area (Å²) < 4.78 is 2.15. The van der Waals surface area contributed by atoms with Gasteiger partial charge in [0.2, 0.25) is 5.88 Å². The molecule has 1 aromatic heterocycles. The number of nitrogens with zero attached hydrogens (tertiary/aromatic N) is 3. The van der Waals surface area contributed by atoms with Crippen molar-refractivity contribution >= 4 is 11.7 Å². The average Bonchev–Trinajstić information content (AvgIpc) is 2.94. The van der Waals surface area contributed by atoms with Crippen LogP contribution < -0.4 is 16.6 Å². The number of carbonyl (C=O) groups excluding carboxylic acids is 1. The van der Waals surface area contributed by atoms with Crippen LogP contribution in [0.25, 0.3) is 0 Å². The highest BCUT2D eigenvalue weighted by Crippen LogP contribution is 2.36. The zero-order chi connectivity index (χ0) is 37.7. The molecule has 2 heterocycles. The van der Waals surface area contributed by atoms with E-state index < -0.39 is 28.0 Å². The molecule has 1 saturated heterocycles. The maximum absolute atomic E-state index is 14.4. The Kier molecular flexibility index (Phi) is 10.3. The summed E-state index contributed by atoms with van der Waals surface area (Å²) in [5, 5.41) is 37.2. The van der Waals surface area contributed by atoms with E-state index in [0.29, 0.717) is 46.2 Å². The van der Waals surface area contributed by atoms with Crippen LogP contribution in [-0.2, 0) is 28.7 Å². The van der Waals surface area contributed by atoms with E-state index in [4.69, 9.17) is 4.99 Å². The summed E-state index contributed by atoms with van der Waals surface area (Å²) in [6.07, 6.45) is 2.25. The number of aryl methyl sites for hydroxylation is 2. The van der Waals surface area contributed by atoms with Crippen LogP contribution in [0, 0.1) is 13.8 Å². The summed E-state index contributed by atoms with van der Waals surface area (Å²) in [4.78, 5) is 45.6. The number of allylic oxidation sites excluding steroid dienone is 1. The van der Waals surface area contributed by atoms with Crippen molar-refractivity contribution in [3.8, 4) is 17.4 Å². The van der Waals surface area contributed by atoms with Gasteiger partial charge in [-0.2, -0.15) is 0 Å². The molecule has 0 radical (unpaired) electrons. The molecule has 3 aromatic rings. The van der Waals surface area contributed by atoms with Crippen LogP contribution in [0.4, 0.5) is 0 Å². The van der Waals surface area contributed by atoms with Crippen LogP contribution in [0.1, 0.15) is 121 Å². The Morgan fingerprint density at radius 2 is 1.28 bits per heavy atom. The van der Waals surface area contributed by atoms with Gasteiger partial charge >= 0.3 is 5.69 Å². The quantitative estimate of drug-likeness (QED) is 0.178. The van der Waals surface area contributed by atoms with Crippen LogP contribution in [0.3, 0.4) is 0 Å². The van der Waals surface area contributed by atoms with Crippen molar-refractivity contribution in [2.45, 2.75) is 137 Å². The largest absolute Gasteiger partial charge is 0.507 e. The van der Waals surface area contributed by atoms with Crippen molar-refractivity contribution in [2.75, 3.05) is 0 Å². The zero-order valence-corrected chi connectivity index (χ0v) is 31.7. The van der Waals surface area contributed by atoms with E-state index in [2.05, 4.69) is 33.0 Å². The van der Waals surface area contributed by atoms with Gasteiger partial charge in [-0.25, -0.2) is 9.59 Å². The second-order valence-electron chi connectivity index (χ2n) is 17.3. The minimum Gasteiger partial charge on any atom is -0.507 e. The van der Waals surface area contributed by atoms with Crippen molar-refractivity contribution < 1.29 is 20.1 Å². The lowest BCUT2D eigenvalue weighted by Crippen LogP contribution is -2.59. The number of aromatic nitrogens is 2. The number of aromatic hydroxyl groups is 3. The first-order valence-corrected chi connectivity index (χ1v) is 17.2. The van der Waals surface area contributed by atoms with Gasteiger partial charge < -0.3 is 20.6 Å². The second-order valence-corrected chi connectivity index (χ2v) is 17.3. The lowest BCUT2D eigenvalue weighted by Gasteiger charge is -2.45. The van der Waals surface area contributed by atoms with E-state index in [0.717, 1.165) is 15.2 Å². The number of piperidine rings is 1. The molecule has 50 heavy (non-hydrogen) atoms. The number of benzene rings is 2. The predicted octanol–water partition coefficient (Wildman–Crippen LogP) is 5.92. The summed E-state index contributed by atoms with van der Waals surface area (Å²) >= 11 is 0. The molecular weight excluding hydrogens is 632 g/mol. The Labute approximate surface area is 295 Å². The molecule has 1 aliphatic rings. The van der Waals surface area contributed by atoms with Gasteiger partial charge in [-0.15, -0.1) is 0 Å². The molecular formula is C40H54N4O6. The van der Waals surface area contributed by atoms with E-state index >= 15 is 0 Å². The number of phenolic OH excluding ortho intramolecular Hbond substituents is 2. The van der Waals surface area contributed by atoms with E-state index in [1.165, 1.54) is 0 Å². The molecule has 2 aromatic carbocycles. The Morgan fingerprint density at radius 1 is 0.840 bits per heavy atom. The molecule has 0 atom stereocenters. The van der Waals surface area contributed by atoms with Crippen molar-refractivity contribution in [1.29, 1.82) is 0 Å². The summed E-state index contributed by atoms with van der Waals surface area (Å²) in [6.45, 7) is 23.3. The van der Waals surface area contributed by atoms with Crippen LogP contribution in [0.2, 0.25) is 0 Å². The van der Waals surface area contributed by atoms with Gasteiger partial charge in [0, 0.05) is 17.2 Å². The fraction of sp³-hybridized carbons (Fsp3) is 0.525. The van der Waals surface area contributed by atoms with Gasteiger partial charge in [0.15, 0.2) is 0 Å². The highest BCUT2D eigenvalue weighted by molar-refractivity contribution is 6.13. The van der Waals surface area contributed by atoms with Crippen molar-refractivity contribution in [3.05, 3.63) is 90.1 Å². The number of nitrogens with one attached hydrogen (secondary N) is 1. The van der Waals surface area contributed by atoms with Gasteiger partial charge in [-0.3, -0.25) is 18.9 Å². The van der Waals surface area contributed by atoms with Crippen molar-refractivity contribution in [1.82, 2.24) is 14.5 Å². The van der Waals surface area contributed by atoms with Crippen molar-refractivity contribution in [2.24, 2.45) is 4.99 Å². The molecule has 0 spiro atoms. The Balaban J connectivity index is 2.03. The van der Waals surface area contributed by atoms with E-state index in [9.17, 15) is 29.7 Å². The molecule has 10 nitrogen and oxygen atoms in total. The summed E-state index contributed by atoms with van der Waals surface area (Å²) in [7, 11) is 0. The maximum atomic E-state index is 14.4. The van der Waals surface area contributed by atoms with Crippen LogP contribution in [0.15, 0.2) is 44.9 Å². The Hall–Kier alpha value is -4.40. The fourth-order valence-corrected chi connectivity index (χ4v) is 7.38. The van der Waals surface area contributed by atoms with Gasteiger partial charge in [-0.05, 0) is 111 Å². The molecule has 0 unspecified atom stereocenters. The monoisotopic (exact) mass is 686 g/mol. The van der Waals surface area contributed by atoms with E-state index in [-0.39, 0.29) is 53.0 Å². The highest BCUT2D eigenvalue weighted by atomic mass is 16.3. The molecule has 4 N–H and O–H groups in total. The third kappa shape index (κ3) is 8.14. The fourth-order valence-electron chi connectivity index (χ4n) is 7.38. The Morgan fingerprint density at radius 3 is 1.70 bits per heavy atom. The van der Waals surface area contributed by atoms with Gasteiger partial charge in [0.25, 0.3) is 5.56 Å². The average molecular weight is 687 g/mol. The smallest absolute Gasteiger partial charge is 0.334 e. The summed E-state index contributed by atoms with van der Waals surface area (Å²) in [5.74, 6) is 1.44. The number of aliphatic imine (C=N–C) groups is 1. The lowest BCUT2D eigenvalue weighted by atomic mass is 9.80. The lowest BCUT2D eigenvalue weighted by molar-refractivity contribution is 0.164. The summed E-state index contributed by atoms with van der Waals surface area (Å²) in [5.41, 5.74) is 0.418. The molecule has 270 valence electrons. The standard InChI is InChI=1S/C40H54N4O6/c1-23-15-25(17-28(32(23)46)37(3,4)5)21-43-34(48)31(30(13-14-45)41-27-19-39(9,10)42-40(11,12)20-27)35(49)44(36(43)50)22-26-16-24(2)33(47)29(18-26)38(6,7)8/h13,15-18,27,42,46-48H,19-22H2,1-12H3. The molecule has 1 fully saturated rings. The number of phenols is 2. The molecule has 0 aliphatic carbocycles. The van der Waals surface area contributed by atoms with Gasteiger partial charge in [0.05, 0.1) is 24.8 Å². The Bertz CT molecular complexity index is 2000. The molecule has 0 saturated carbocycles. The minimum atomic E-state index is -0.804. The first kappa shape index (κ1) is 38.4.